The summed E-state index contributed by atoms with van der Waals surface area (Å²) >= 11 is 1.56. The first-order valence-corrected chi connectivity index (χ1v) is 8.41. The molecule has 1 aromatic carbocycles. The van der Waals surface area contributed by atoms with Gasteiger partial charge in [0.1, 0.15) is 11.6 Å². The predicted molar refractivity (Wildman–Crippen MR) is 100 cm³/mol. The first-order valence-electron chi connectivity index (χ1n) is 7.59. The number of para-hydroxylation sites is 1. The second-order valence-corrected chi connectivity index (χ2v) is 6.57. The summed E-state index contributed by atoms with van der Waals surface area (Å²) < 4.78 is 8.00. The molecule has 2 N–H and O–H groups in total. The van der Waals surface area contributed by atoms with E-state index in [9.17, 15) is 4.79 Å². The Morgan fingerprint density at radius 2 is 2.08 bits per heavy atom. The SMILES string of the molecule is Cc1cc(N)n(/N=C\c2ccc(-c3nc4ccccc4s3)o2)c(=O)c1. The van der Waals surface area contributed by atoms with Crippen LogP contribution < -0.4 is 11.3 Å². The van der Waals surface area contributed by atoms with Gasteiger partial charge in [-0.05, 0) is 42.8 Å². The van der Waals surface area contributed by atoms with Crippen LogP contribution in [0.25, 0.3) is 21.0 Å². The average molecular weight is 350 g/mol. The minimum Gasteiger partial charge on any atom is -0.453 e. The van der Waals surface area contributed by atoms with Crippen LogP contribution >= 0.6 is 11.3 Å². The molecule has 0 radical (unpaired) electrons. The van der Waals surface area contributed by atoms with Crippen LogP contribution in [0.2, 0.25) is 0 Å². The lowest BCUT2D eigenvalue weighted by atomic mass is 10.3. The number of nitrogen functional groups attached to an aromatic ring is 1. The number of rotatable bonds is 3. The number of anilines is 1. The zero-order valence-electron chi connectivity index (χ0n) is 13.3. The molecule has 3 aromatic heterocycles. The highest BCUT2D eigenvalue weighted by molar-refractivity contribution is 7.21. The maximum atomic E-state index is 11.9. The number of nitrogens with zero attached hydrogens (tertiary/aromatic N) is 3. The van der Waals surface area contributed by atoms with Crippen molar-refractivity contribution in [2.24, 2.45) is 5.10 Å². The number of nitrogens with two attached hydrogens (primary N) is 1. The molecule has 0 spiro atoms. The third-order valence-electron chi connectivity index (χ3n) is 3.61. The Hall–Kier alpha value is -3.19. The van der Waals surface area contributed by atoms with Gasteiger partial charge in [-0.25, -0.2) is 4.98 Å². The van der Waals surface area contributed by atoms with Crippen LogP contribution in [-0.4, -0.2) is 15.9 Å². The summed E-state index contributed by atoms with van der Waals surface area (Å²) in [5.41, 5.74) is 7.28. The van der Waals surface area contributed by atoms with Gasteiger partial charge in [-0.15, -0.1) is 11.3 Å². The number of thiazole rings is 1. The molecule has 0 aliphatic rings. The Bertz CT molecular complexity index is 1120. The van der Waals surface area contributed by atoms with Crippen molar-refractivity contribution in [2.45, 2.75) is 6.92 Å². The molecule has 0 saturated heterocycles. The summed E-state index contributed by atoms with van der Waals surface area (Å²) in [4.78, 5) is 16.5. The minimum atomic E-state index is -0.285. The molecule has 0 saturated carbocycles. The van der Waals surface area contributed by atoms with Gasteiger partial charge in [0, 0.05) is 6.07 Å². The van der Waals surface area contributed by atoms with Gasteiger partial charge in [-0.2, -0.15) is 9.78 Å². The van der Waals surface area contributed by atoms with Crippen molar-refractivity contribution in [1.29, 1.82) is 0 Å². The van der Waals surface area contributed by atoms with Crippen molar-refractivity contribution >= 4 is 33.6 Å². The molecule has 124 valence electrons. The van der Waals surface area contributed by atoms with Crippen molar-refractivity contribution in [3.63, 3.8) is 0 Å². The van der Waals surface area contributed by atoms with Crippen molar-refractivity contribution in [1.82, 2.24) is 9.66 Å². The van der Waals surface area contributed by atoms with Gasteiger partial charge in [0.15, 0.2) is 10.8 Å². The summed E-state index contributed by atoms with van der Waals surface area (Å²) in [6.45, 7) is 1.81. The fourth-order valence-corrected chi connectivity index (χ4v) is 3.40. The van der Waals surface area contributed by atoms with Crippen LogP contribution in [0, 0.1) is 6.92 Å². The Labute approximate surface area is 146 Å². The van der Waals surface area contributed by atoms with Crippen molar-refractivity contribution in [3.05, 3.63) is 70.2 Å². The second-order valence-electron chi connectivity index (χ2n) is 5.54. The normalized spacial score (nSPS) is 11.6. The van der Waals surface area contributed by atoms with Crippen LogP contribution in [-0.2, 0) is 0 Å². The standard InChI is InChI=1S/C18H14N4O2S/c1-11-8-16(19)22(17(23)9-11)20-10-12-6-7-14(24-12)18-21-13-4-2-3-5-15(13)25-18/h2-10H,19H2,1H3/b20-10-. The summed E-state index contributed by atoms with van der Waals surface area (Å²) in [5, 5.41) is 4.91. The van der Waals surface area contributed by atoms with Gasteiger partial charge in [-0.3, -0.25) is 4.79 Å². The quantitative estimate of drug-likeness (QED) is 0.573. The molecule has 0 aliphatic carbocycles. The van der Waals surface area contributed by atoms with Gasteiger partial charge < -0.3 is 10.2 Å². The van der Waals surface area contributed by atoms with E-state index in [1.165, 1.54) is 12.3 Å². The highest BCUT2D eigenvalue weighted by Gasteiger charge is 2.10. The smallest absolute Gasteiger partial charge is 0.273 e. The molecule has 0 atom stereocenters. The Kier molecular flexibility index (Phi) is 3.70. The third-order valence-corrected chi connectivity index (χ3v) is 4.66. The number of hydrogen-bond donors (Lipinski definition) is 1. The average Bonchev–Trinajstić information content (AvgIpc) is 3.20. The molecule has 0 unspecified atom stereocenters. The molecule has 25 heavy (non-hydrogen) atoms. The molecule has 6 nitrogen and oxygen atoms in total. The lowest BCUT2D eigenvalue weighted by Gasteiger charge is -2.02. The lowest BCUT2D eigenvalue weighted by molar-refractivity contribution is 0.573. The molecule has 0 amide bonds. The van der Waals surface area contributed by atoms with E-state index in [2.05, 4.69) is 10.1 Å². The number of fused-ring (bicyclic) bond motifs is 1. The van der Waals surface area contributed by atoms with E-state index in [4.69, 9.17) is 10.2 Å². The first kappa shape index (κ1) is 15.3. The van der Waals surface area contributed by atoms with Crippen molar-refractivity contribution in [2.75, 3.05) is 5.73 Å². The summed E-state index contributed by atoms with van der Waals surface area (Å²) in [6.07, 6.45) is 1.46. The molecule has 0 aliphatic heterocycles. The minimum absolute atomic E-state index is 0.277. The van der Waals surface area contributed by atoms with E-state index < -0.39 is 0 Å². The maximum Gasteiger partial charge on any atom is 0.273 e. The van der Waals surface area contributed by atoms with Crippen LogP contribution in [0.4, 0.5) is 5.82 Å². The fraction of sp³-hybridized carbons (Fsp3) is 0.0556. The number of hydrogen-bond acceptors (Lipinski definition) is 6. The van der Waals surface area contributed by atoms with E-state index in [1.807, 2.05) is 37.3 Å². The van der Waals surface area contributed by atoms with Crippen LogP contribution in [0.3, 0.4) is 0 Å². The van der Waals surface area contributed by atoms with Crippen LogP contribution in [0.15, 0.2) is 62.8 Å². The third kappa shape index (κ3) is 2.97. The first-order chi connectivity index (χ1) is 12.1. The van der Waals surface area contributed by atoms with Crippen LogP contribution in [0.1, 0.15) is 11.3 Å². The summed E-state index contributed by atoms with van der Waals surface area (Å²) in [6, 6.07) is 14.7. The number of pyridine rings is 1. The predicted octanol–water partition coefficient (Wildman–Crippen LogP) is 3.49. The molecule has 4 aromatic rings. The zero-order valence-corrected chi connectivity index (χ0v) is 14.2. The largest absolute Gasteiger partial charge is 0.453 e. The summed E-state index contributed by atoms with van der Waals surface area (Å²) in [7, 11) is 0. The summed E-state index contributed by atoms with van der Waals surface area (Å²) in [5.74, 6) is 1.45. The van der Waals surface area contributed by atoms with Crippen molar-refractivity contribution in [3.8, 4) is 10.8 Å². The monoisotopic (exact) mass is 350 g/mol. The zero-order chi connectivity index (χ0) is 17.4. The molecular formula is C18H14N4O2S. The second kappa shape index (κ2) is 6.03. The number of aryl methyl sites for hydroxylation is 1. The Balaban J connectivity index is 1.64. The Morgan fingerprint density at radius 3 is 2.88 bits per heavy atom. The maximum absolute atomic E-state index is 11.9. The highest BCUT2D eigenvalue weighted by Crippen LogP contribution is 2.30. The van der Waals surface area contributed by atoms with E-state index in [0.717, 1.165) is 25.5 Å². The molecule has 3 heterocycles. The number of benzene rings is 1. The molecular weight excluding hydrogens is 336 g/mol. The highest BCUT2D eigenvalue weighted by atomic mass is 32.1. The molecule has 4 rings (SSSR count). The van der Waals surface area contributed by atoms with Crippen molar-refractivity contribution < 1.29 is 4.42 Å². The van der Waals surface area contributed by atoms with Gasteiger partial charge in [0.2, 0.25) is 0 Å². The fourth-order valence-electron chi connectivity index (χ4n) is 2.47. The molecule has 0 fully saturated rings. The topological polar surface area (TPSA) is 86.4 Å². The van der Waals surface area contributed by atoms with E-state index in [0.29, 0.717) is 11.5 Å². The number of furan rings is 1. The van der Waals surface area contributed by atoms with Gasteiger partial charge in [0.05, 0.1) is 16.4 Å². The van der Waals surface area contributed by atoms with Gasteiger partial charge >= 0.3 is 0 Å². The molecule has 0 bridgehead atoms. The molecule has 7 heteroatoms. The Morgan fingerprint density at radius 1 is 1.24 bits per heavy atom. The number of aromatic nitrogens is 2. The van der Waals surface area contributed by atoms with E-state index >= 15 is 0 Å². The van der Waals surface area contributed by atoms with Gasteiger partial charge in [0.25, 0.3) is 5.56 Å². The van der Waals surface area contributed by atoms with E-state index in [1.54, 1.807) is 23.5 Å². The van der Waals surface area contributed by atoms with E-state index in [-0.39, 0.29) is 11.4 Å². The van der Waals surface area contributed by atoms with Crippen LogP contribution in [0.5, 0.6) is 0 Å². The van der Waals surface area contributed by atoms with Gasteiger partial charge in [-0.1, -0.05) is 12.1 Å². The lowest BCUT2D eigenvalue weighted by Crippen LogP contribution is -2.19.